The van der Waals surface area contributed by atoms with Crippen molar-refractivity contribution in [3.05, 3.63) is 65.2 Å². The minimum Gasteiger partial charge on any atom is -0.497 e. The molecule has 1 atom stereocenters. The molecule has 22 heavy (non-hydrogen) atoms. The fraction of sp³-hybridized carbons (Fsp3) is 0.294. The van der Waals surface area contributed by atoms with Crippen LogP contribution in [-0.4, -0.2) is 30.7 Å². The van der Waals surface area contributed by atoms with Gasteiger partial charge in [0.05, 0.1) is 13.2 Å². The van der Waals surface area contributed by atoms with E-state index in [0.717, 1.165) is 23.4 Å². The maximum Gasteiger partial charge on any atom is 0.159 e. The third kappa shape index (κ3) is 4.26. The smallest absolute Gasteiger partial charge is 0.159 e. The first kappa shape index (κ1) is 16.4. The lowest BCUT2D eigenvalue weighted by molar-refractivity contribution is 0.123. The number of benzene rings is 2. The van der Waals surface area contributed by atoms with Gasteiger partial charge in [0, 0.05) is 13.1 Å². The van der Waals surface area contributed by atoms with E-state index in [1.807, 2.05) is 36.2 Å². The number of aliphatic hydroxyl groups excluding tert-OH is 1. The third-order valence-corrected chi connectivity index (χ3v) is 3.42. The molecule has 0 aliphatic carbocycles. The average Bonchev–Trinajstić information content (AvgIpc) is 2.50. The summed E-state index contributed by atoms with van der Waals surface area (Å²) in [6, 6.07) is 11.1. The molecule has 0 fully saturated rings. The predicted molar refractivity (Wildman–Crippen MR) is 80.6 cm³/mol. The molecule has 2 rings (SSSR count). The number of rotatable bonds is 6. The quantitative estimate of drug-likeness (QED) is 0.890. The fourth-order valence-electron chi connectivity index (χ4n) is 2.23. The summed E-state index contributed by atoms with van der Waals surface area (Å²) in [6.45, 7) is 0.946. The summed E-state index contributed by atoms with van der Waals surface area (Å²) in [6.07, 6.45) is -0.877. The summed E-state index contributed by atoms with van der Waals surface area (Å²) < 4.78 is 31.2. The van der Waals surface area contributed by atoms with E-state index >= 15 is 0 Å². The lowest BCUT2D eigenvalue weighted by atomic mass is 10.1. The Hall–Kier alpha value is -1.98. The number of ether oxygens (including phenoxy) is 1. The van der Waals surface area contributed by atoms with Crippen LogP contribution in [-0.2, 0) is 6.54 Å². The molecule has 0 bridgehead atoms. The molecule has 0 saturated carbocycles. The molecule has 2 aromatic carbocycles. The van der Waals surface area contributed by atoms with Gasteiger partial charge in [0.15, 0.2) is 11.6 Å². The predicted octanol–water partition coefficient (Wildman–Crippen LogP) is 3.14. The molecular weight excluding hydrogens is 288 g/mol. The monoisotopic (exact) mass is 307 g/mol. The zero-order chi connectivity index (χ0) is 16.1. The van der Waals surface area contributed by atoms with E-state index < -0.39 is 17.7 Å². The third-order valence-electron chi connectivity index (χ3n) is 3.42. The van der Waals surface area contributed by atoms with Crippen LogP contribution in [0.5, 0.6) is 5.75 Å². The summed E-state index contributed by atoms with van der Waals surface area (Å²) in [5.41, 5.74) is 1.43. The summed E-state index contributed by atoms with van der Waals surface area (Å²) in [4.78, 5) is 1.91. The lowest BCUT2D eigenvalue weighted by Crippen LogP contribution is -2.24. The van der Waals surface area contributed by atoms with Gasteiger partial charge in [-0.25, -0.2) is 8.78 Å². The molecule has 0 saturated heterocycles. The number of nitrogens with zero attached hydrogens (tertiary/aromatic N) is 1. The molecule has 1 unspecified atom stereocenters. The van der Waals surface area contributed by atoms with Gasteiger partial charge in [-0.3, -0.25) is 4.90 Å². The number of hydrogen-bond acceptors (Lipinski definition) is 3. The standard InChI is InChI=1S/C17H19F2NO2/c1-20(10-12-3-6-14(22-2)7-4-12)11-17(21)13-5-8-15(18)16(19)9-13/h3-9,17,21H,10-11H2,1-2H3. The minimum absolute atomic E-state index is 0.317. The Balaban J connectivity index is 1.95. The van der Waals surface area contributed by atoms with Crippen molar-refractivity contribution in [3.8, 4) is 5.75 Å². The zero-order valence-electron chi connectivity index (χ0n) is 12.6. The Morgan fingerprint density at radius 2 is 1.77 bits per heavy atom. The van der Waals surface area contributed by atoms with Crippen molar-refractivity contribution in [3.63, 3.8) is 0 Å². The van der Waals surface area contributed by atoms with Crippen molar-refractivity contribution in [1.82, 2.24) is 4.90 Å². The van der Waals surface area contributed by atoms with E-state index in [1.165, 1.54) is 6.07 Å². The van der Waals surface area contributed by atoms with Crippen LogP contribution in [0.4, 0.5) is 8.78 Å². The second-order valence-electron chi connectivity index (χ2n) is 5.23. The molecule has 0 heterocycles. The Bertz CT molecular complexity index is 617. The number of likely N-dealkylation sites (N-methyl/N-ethyl adjacent to an activating group) is 1. The van der Waals surface area contributed by atoms with Crippen molar-refractivity contribution in [1.29, 1.82) is 0 Å². The molecule has 5 heteroatoms. The Kier molecular flexibility index (Phi) is 5.46. The van der Waals surface area contributed by atoms with Crippen molar-refractivity contribution in [2.24, 2.45) is 0 Å². The molecule has 0 radical (unpaired) electrons. The van der Waals surface area contributed by atoms with Gasteiger partial charge >= 0.3 is 0 Å². The first-order chi connectivity index (χ1) is 10.5. The van der Waals surface area contributed by atoms with E-state index in [1.54, 1.807) is 7.11 Å². The van der Waals surface area contributed by atoms with E-state index in [-0.39, 0.29) is 0 Å². The maximum absolute atomic E-state index is 13.2. The normalized spacial score (nSPS) is 12.5. The van der Waals surface area contributed by atoms with Gasteiger partial charge in [-0.1, -0.05) is 18.2 Å². The number of hydrogen-bond donors (Lipinski definition) is 1. The highest BCUT2D eigenvalue weighted by Gasteiger charge is 2.13. The molecule has 0 amide bonds. The van der Waals surface area contributed by atoms with E-state index in [0.29, 0.717) is 18.7 Å². The molecule has 118 valence electrons. The Morgan fingerprint density at radius 1 is 1.09 bits per heavy atom. The van der Waals surface area contributed by atoms with Gasteiger partial charge in [0.2, 0.25) is 0 Å². The summed E-state index contributed by atoms with van der Waals surface area (Å²) >= 11 is 0. The number of halogens is 2. The highest BCUT2D eigenvalue weighted by atomic mass is 19.2. The van der Waals surface area contributed by atoms with Crippen molar-refractivity contribution >= 4 is 0 Å². The molecule has 2 aromatic rings. The van der Waals surface area contributed by atoms with Crippen LogP contribution in [0.25, 0.3) is 0 Å². The van der Waals surface area contributed by atoms with Crippen LogP contribution < -0.4 is 4.74 Å². The van der Waals surface area contributed by atoms with Gasteiger partial charge in [-0.15, -0.1) is 0 Å². The maximum atomic E-state index is 13.2. The lowest BCUT2D eigenvalue weighted by Gasteiger charge is -2.21. The molecular formula is C17H19F2NO2. The highest BCUT2D eigenvalue weighted by molar-refractivity contribution is 5.27. The molecule has 0 spiro atoms. The molecule has 0 aliphatic heterocycles. The zero-order valence-corrected chi connectivity index (χ0v) is 12.6. The largest absolute Gasteiger partial charge is 0.497 e. The Morgan fingerprint density at radius 3 is 2.36 bits per heavy atom. The molecule has 0 aromatic heterocycles. The van der Waals surface area contributed by atoms with Gasteiger partial charge in [0.25, 0.3) is 0 Å². The first-order valence-corrected chi connectivity index (χ1v) is 6.94. The second kappa shape index (κ2) is 7.33. The van der Waals surface area contributed by atoms with Crippen molar-refractivity contribution < 1.29 is 18.6 Å². The SMILES string of the molecule is COc1ccc(CN(C)CC(O)c2ccc(F)c(F)c2)cc1. The average molecular weight is 307 g/mol. The van der Waals surface area contributed by atoms with Crippen LogP contribution in [0.2, 0.25) is 0 Å². The van der Waals surface area contributed by atoms with Crippen molar-refractivity contribution in [2.45, 2.75) is 12.6 Å². The molecule has 1 N–H and O–H groups in total. The number of methoxy groups -OCH3 is 1. The van der Waals surface area contributed by atoms with Gasteiger partial charge in [-0.05, 0) is 42.4 Å². The summed E-state index contributed by atoms with van der Waals surface area (Å²) in [5, 5.41) is 10.1. The molecule has 3 nitrogen and oxygen atoms in total. The first-order valence-electron chi connectivity index (χ1n) is 6.94. The minimum atomic E-state index is -0.950. The van der Waals surface area contributed by atoms with E-state index in [9.17, 15) is 13.9 Å². The Labute approximate surface area is 128 Å². The summed E-state index contributed by atoms with van der Waals surface area (Å²) in [5.74, 6) is -1.08. The van der Waals surface area contributed by atoms with Crippen LogP contribution >= 0.6 is 0 Å². The fourth-order valence-corrected chi connectivity index (χ4v) is 2.23. The van der Waals surface area contributed by atoms with Gasteiger partial charge in [-0.2, -0.15) is 0 Å². The topological polar surface area (TPSA) is 32.7 Å². The van der Waals surface area contributed by atoms with Gasteiger partial charge < -0.3 is 9.84 Å². The van der Waals surface area contributed by atoms with Crippen molar-refractivity contribution in [2.75, 3.05) is 20.7 Å². The summed E-state index contributed by atoms with van der Waals surface area (Å²) in [7, 11) is 3.46. The number of aliphatic hydroxyl groups is 1. The van der Waals surface area contributed by atoms with E-state index in [2.05, 4.69) is 0 Å². The molecule has 0 aliphatic rings. The van der Waals surface area contributed by atoms with Gasteiger partial charge in [0.1, 0.15) is 5.75 Å². The van der Waals surface area contributed by atoms with Crippen LogP contribution in [0.3, 0.4) is 0 Å². The van der Waals surface area contributed by atoms with E-state index in [4.69, 9.17) is 4.74 Å². The second-order valence-corrected chi connectivity index (χ2v) is 5.23. The van der Waals surface area contributed by atoms with Crippen LogP contribution in [0.1, 0.15) is 17.2 Å². The van der Waals surface area contributed by atoms with Crippen LogP contribution in [0.15, 0.2) is 42.5 Å². The highest BCUT2D eigenvalue weighted by Crippen LogP contribution is 2.18. The van der Waals surface area contributed by atoms with Crippen LogP contribution in [0, 0.1) is 11.6 Å².